The second-order valence-electron chi connectivity index (χ2n) is 4.28. The van der Waals surface area contributed by atoms with Crippen LogP contribution in [-0.4, -0.2) is 5.11 Å². The molecule has 0 saturated carbocycles. The highest BCUT2D eigenvalue weighted by atomic mass is 35.5. The smallest absolute Gasteiger partial charge is 0.171 e. The quantitative estimate of drug-likeness (QED) is 0.764. The predicted octanol–water partition coefficient (Wildman–Crippen LogP) is 4.38. The summed E-state index contributed by atoms with van der Waals surface area (Å²) in [5.41, 5.74) is 2.98. The van der Waals surface area contributed by atoms with Crippen LogP contribution in [-0.2, 0) is 0 Å². The SMILES string of the molecule is S=C1Nc2ccc(Cl)cc2C(c2ccccc2Cl)N1. The van der Waals surface area contributed by atoms with E-state index in [1.54, 1.807) is 0 Å². The average molecular weight is 309 g/mol. The highest BCUT2D eigenvalue weighted by Crippen LogP contribution is 2.36. The minimum absolute atomic E-state index is 0.0869. The molecule has 1 heterocycles. The van der Waals surface area contributed by atoms with E-state index in [0.29, 0.717) is 15.2 Å². The monoisotopic (exact) mass is 308 g/mol. The van der Waals surface area contributed by atoms with Gasteiger partial charge < -0.3 is 10.6 Å². The third kappa shape index (κ3) is 2.41. The molecule has 0 fully saturated rings. The molecular weight excluding hydrogens is 299 g/mol. The van der Waals surface area contributed by atoms with Gasteiger partial charge in [-0.15, -0.1) is 0 Å². The number of hydrogen-bond acceptors (Lipinski definition) is 1. The molecule has 0 bridgehead atoms. The van der Waals surface area contributed by atoms with E-state index < -0.39 is 0 Å². The van der Waals surface area contributed by atoms with Gasteiger partial charge in [0.05, 0.1) is 6.04 Å². The Morgan fingerprint density at radius 2 is 1.79 bits per heavy atom. The molecule has 96 valence electrons. The molecule has 0 amide bonds. The summed E-state index contributed by atoms with van der Waals surface area (Å²) in [5.74, 6) is 0. The molecule has 0 aliphatic carbocycles. The fourth-order valence-corrected chi connectivity index (χ4v) is 2.86. The normalized spacial score (nSPS) is 17.4. The Labute approximate surface area is 126 Å². The van der Waals surface area contributed by atoms with Crippen LogP contribution in [0, 0.1) is 0 Å². The zero-order valence-electron chi connectivity index (χ0n) is 9.78. The summed E-state index contributed by atoms with van der Waals surface area (Å²) in [7, 11) is 0. The summed E-state index contributed by atoms with van der Waals surface area (Å²) in [6.07, 6.45) is 0. The third-order valence-corrected chi connectivity index (χ3v) is 3.86. The van der Waals surface area contributed by atoms with Gasteiger partial charge in [0.1, 0.15) is 0 Å². The van der Waals surface area contributed by atoms with E-state index >= 15 is 0 Å². The Morgan fingerprint density at radius 1 is 1.00 bits per heavy atom. The molecule has 2 aromatic carbocycles. The Hall–Kier alpha value is -1.29. The van der Waals surface area contributed by atoms with Crippen molar-refractivity contribution in [3.8, 4) is 0 Å². The molecule has 5 heteroatoms. The first kappa shape index (κ1) is 12.7. The minimum atomic E-state index is -0.0869. The van der Waals surface area contributed by atoms with Crippen molar-refractivity contribution >= 4 is 46.2 Å². The number of thiocarbonyl (C=S) groups is 1. The van der Waals surface area contributed by atoms with Gasteiger partial charge in [-0.1, -0.05) is 41.4 Å². The van der Waals surface area contributed by atoms with Crippen LogP contribution >= 0.6 is 35.4 Å². The lowest BCUT2D eigenvalue weighted by Gasteiger charge is -2.30. The minimum Gasteiger partial charge on any atom is -0.351 e. The maximum absolute atomic E-state index is 6.27. The van der Waals surface area contributed by atoms with Crippen LogP contribution in [0.15, 0.2) is 42.5 Å². The molecule has 0 saturated heterocycles. The van der Waals surface area contributed by atoms with Gasteiger partial charge in [0.25, 0.3) is 0 Å². The maximum atomic E-state index is 6.27. The van der Waals surface area contributed by atoms with E-state index in [1.165, 1.54) is 0 Å². The number of fused-ring (bicyclic) bond motifs is 1. The first-order valence-electron chi connectivity index (χ1n) is 5.76. The number of halogens is 2. The van der Waals surface area contributed by atoms with Crippen LogP contribution in [0.2, 0.25) is 10.0 Å². The van der Waals surface area contributed by atoms with Gasteiger partial charge in [-0.3, -0.25) is 0 Å². The molecule has 0 spiro atoms. The second kappa shape index (κ2) is 5.00. The van der Waals surface area contributed by atoms with E-state index in [-0.39, 0.29) is 6.04 Å². The molecule has 1 aliphatic heterocycles. The van der Waals surface area contributed by atoms with E-state index in [9.17, 15) is 0 Å². The molecule has 0 radical (unpaired) electrons. The number of rotatable bonds is 1. The van der Waals surface area contributed by atoms with Gasteiger partial charge in [-0.05, 0) is 42.0 Å². The van der Waals surface area contributed by atoms with Crippen molar-refractivity contribution in [3.05, 3.63) is 63.6 Å². The van der Waals surface area contributed by atoms with Gasteiger partial charge in [0.2, 0.25) is 0 Å². The van der Waals surface area contributed by atoms with Crippen molar-refractivity contribution in [1.82, 2.24) is 5.32 Å². The molecule has 1 unspecified atom stereocenters. The predicted molar refractivity (Wildman–Crippen MR) is 84.1 cm³/mol. The number of hydrogen-bond donors (Lipinski definition) is 2. The van der Waals surface area contributed by atoms with Crippen LogP contribution in [0.3, 0.4) is 0 Å². The standard InChI is InChI=1S/C14H10Cl2N2S/c15-8-5-6-12-10(7-8)13(18-14(19)17-12)9-3-1-2-4-11(9)16/h1-7,13H,(H2,17,18,19). The molecule has 19 heavy (non-hydrogen) atoms. The fraction of sp³-hybridized carbons (Fsp3) is 0.0714. The van der Waals surface area contributed by atoms with Crippen molar-refractivity contribution in [2.24, 2.45) is 0 Å². The second-order valence-corrected chi connectivity index (χ2v) is 5.54. The molecule has 0 aromatic heterocycles. The van der Waals surface area contributed by atoms with Crippen molar-refractivity contribution in [2.75, 3.05) is 5.32 Å². The summed E-state index contributed by atoms with van der Waals surface area (Å²) in [6, 6.07) is 13.3. The molecule has 2 nitrogen and oxygen atoms in total. The Bertz CT molecular complexity index is 658. The highest BCUT2D eigenvalue weighted by molar-refractivity contribution is 7.80. The van der Waals surface area contributed by atoms with Gasteiger partial charge in [-0.25, -0.2) is 0 Å². The topological polar surface area (TPSA) is 24.1 Å². The highest BCUT2D eigenvalue weighted by Gasteiger charge is 2.25. The number of benzene rings is 2. The largest absolute Gasteiger partial charge is 0.351 e. The van der Waals surface area contributed by atoms with Crippen LogP contribution < -0.4 is 10.6 Å². The zero-order valence-corrected chi connectivity index (χ0v) is 12.1. The van der Waals surface area contributed by atoms with Crippen molar-refractivity contribution in [3.63, 3.8) is 0 Å². The van der Waals surface area contributed by atoms with Crippen molar-refractivity contribution in [1.29, 1.82) is 0 Å². The van der Waals surface area contributed by atoms with Gasteiger partial charge in [0, 0.05) is 21.3 Å². The maximum Gasteiger partial charge on any atom is 0.171 e. The van der Waals surface area contributed by atoms with Gasteiger partial charge in [0.15, 0.2) is 5.11 Å². The van der Waals surface area contributed by atoms with Crippen LogP contribution in [0.25, 0.3) is 0 Å². The number of anilines is 1. The van der Waals surface area contributed by atoms with Gasteiger partial charge in [-0.2, -0.15) is 0 Å². The molecule has 1 aliphatic rings. The summed E-state index contributed by atoms with van der Waals surface area (Å²) in [4.78, 5) is 0. The molecule has 1 atom stereocenters. The Kier molecular flexibility index (Phi) is 3.35. The zero-order chi connectivity index (χ0) is 13.4. The summed E-state index contributed by atoms with van der Waals surface area (Å²) < 4.78 is 0. The summed E-state index contributed by atoms with van der Waals surface area (Å²) >= 11 is 17.6. The number of nitrogens with one attached hydrogen (secondary N) is 2. The summed E-state index contributed by atoms with van der Waals surface area (Å²) in [5, 5.41) is 8.33. The third-order valence-electron chi connectivity index (χ3n) is 3.06. The fourth-order valence-electron chi connectivity index (χ4n) is 2.21. The molecule has 2 aromatic rings. The van der Waals surface area contributed by atoms with E-state index in [0.717, 1.165) is 16.8 Å². The van der Waals surface area contributed by atoms with Gasteiger partial charge >= 0.3 is 0 Å². The van der Waals surface area contributed by atoms with Crippen molar-refractivity contribution in [2.45, 2.75) is 6.04 Å². The van der Waals surface area contributed by atoms with E-state index in [2.05, 4.69) is 10.6 Å². The molecular formula is C14H10Cl2N2S. The van der Waals surface area contributed by atoms with Crippen molar-refractivity contribution < 1.29 is 0 Å². The van der Waals surface area contributed by atoms with E-state index in [4.69, 9.17) is 35.4 Å². The van der Waals surface area contributed by atoms with Crippen LogP contribution in [0.4, 0.5) is 5.69 Å². The van der Waals surface area contributed by atoms with E-state index in [1.807, 2.05) is 42.5 Å². The molecule has 3 rings (SSSR count). The lowest BCUT2D eigenvalue weighted by molar-refractivity contribution is 0.758. The average Bonchev–Trinajstić information content (AvgIpc) is 2.39. The van der Waals surface area contributed by atoms with Crippen LogP contribution in [0.5, 0.6) is 0 Å². The first-order chi connectivity index (χ1) is 9.15. The Morgan fingerprint density at radius 3 is 2.58 bits per heavy atom. The lowest BCUT2D eigenvalue weighted by atomic mass is 9.96. The first-order valence-corrected chi connectivity index (χ1v) is 6.93. The summed E-state index contributed by atoms with van der Waals surface area (Å²) in [6.45, 7) is 0. The van der Waals surface area contributed by atoms with Crippen LogP contribution in [0.1, 0.15) is 17.2 Å². The molecule has 2 N–H and O–H groups in total. The Balaban J connectivity index is 2.16. The lowest BCUT2D eigenvalue weighted by Crippen LogP contribution is -2.38.